The molecule has 0 saturated heterocycles. The lowest BCUT2D eigenvalue weighted by Crippen LogP contribution is -2.63. The molecule has 0 unspecified atom stereocenters. The molecule has 0 bridgehead atoms. The molecule has 0 aliphatic heterocycles. The molecule has 6 nitrogen and oxygen atoms in total. The minimum atomic E-state index is -1.42. The highest BCUT2D eigenvalue weighted by atomic mass is 16.6. The Kier molecular flexibility index (Phi) is 5.81. The van der Waals surface area contributed by atoms with Gasteiger partial charge in [-0.3, -0.25) is 14.4 Å². The van der Waals surface area contributed by atoms with E-state index in [1.165, 1.54) is 0 Å². The van der Waals surface area contributed by atoms with E-state index in [0.717, 1.165) is 18.4 Å². The van der Waals surface area contributed by atoms with Crippen molar-refractivity contribution < 1.29 is 29.3 Å². The molecule has 0 aromatic rings. The van der Waals surface area contributed by atoms with E-state index in [9.17, 15) is 24.6 Å². The van der Waals surface area contributed by atoms with E-state index in [4.69, 9.17) is 4.74 Å². The van der Waals surface area contributed by atoms with Gasteiger partial charge in [0, 0.05) is 16.7 Å². The van der Waals surface area contributed by atoms with Gasteiger partial charge in [-0.05, 0) is 61.5 Å². The Morgan fingerprint density at radius 3 is 2.55 bits per heavy atom. The number of carbonyl (C=O) groups excluding carboxylic acids is 3. The number of fused-ring (bicyclic) bond motifs is 5. The van der Waals surface area contributed by atoms with Crippen LogP contribution in [0.25, 0.3) is 0 Å². The molecule has 182 valence electrons. The standard InChI is InChI=1S/C27H38O6/c1-24(2,3)14-22(32)33-27(21(31)15-28)11-9-19-18-7-6-16-12-17(29)8-10-25(16,4)23(18)20(30)13-26(19,27)5/h8,10,12,18-20,23,28,30H,6-7,9,11,13-15H2,1-5H3/t18-,19-,20-,23+,25-,26-,27-/m0/s1. The van der Waals surface area contributed by atoms with Crippen LogP contribution in [0.1, 0.15) is 73.1 Å². The van der Waals surface area contributed by atoms with Crippen LogP contribution in [-0.4, -0.2) is 46.1 Å². The maximum absolute atomic E-state index is 13.2. The van der Waals surface area contributed by atoms with Crippen molar-refractivity contribution in [2.24, 2.45) is 34.0 Å². The van der Waals surface area contributed by atoms with Gasteiger partial charge in [0.25, 0.3) is 0 Å². The summed E-state index contributed by atoms with van der Waals surface area (Å²) in [5.74, 6) is -0.759. The van der Waals surface area contributed by atoms with Crippen LogP contribution in [0, 0.1) is 34.0 Å². The summed E-state index contributed by atoms with van der Waals surface area (Å²) in [5.41, 5.74) is -1.79. The fraction of sp³-hybridized carbons (Fsp3) is 0.741. The van der Waals surface area contributed by atoms with Crippen molar-refractivity contribution in [1.82, 2.24) is 0 Å². The van der Waals surface area contributed by atoms with Crippen LogP contribution in [0.15, 0.2) is 23.8 Å². The highest BCUT2D eigenvalue weighted by Gasteiger charge is 2.70. The van der Waals surface area contributed by atoms with Crippen LogP contribution in [0.3, 0.4) is 0 Å². The van der Waals surface area contributed by atoms with Gasteiger partial charge in [0.1, 0.15) is 6.61 Å². The monoisotopic (exact) mass is 458 g/mol. The van der Waals surface area contributed by atoms with Crippen molar-refractivity contribution >= 4 is 17.5 Å². The first-order valence-electron chi connectivity index (χ1n) is 12.3. The molecule has 0 radical (unpaired) electrons. The van der Waals surface area contributed by atoms with Crippen molar-refractivity contribution in [3.63, 3.8) is 0 Å². The van der Waals surface area contributed by atoms with Crippen molar-refractivity contribution in [2.75, 3.05) is 6.61 Å². The lowest BCUT2D eigenvalue weighted by molar-refractivity contribution is -0.201. The number of aliphatic hydroxyl groups excluding tert-OH is 2. The number of esters is 1. The highest BCUT2D eigenvalue weighted by Crippen LogP contribution is 2.67. The van der Waals surface area contributed by atoms with Crippen LogP contribution in [0.5, 0.6) is 0 Å². The Hall–Kier alpha value is -1.79. The van der Waals surface area contributed by atoms with Crippen molar-refractivity contribution in [3.8, 4) is 0 Å². The zero-order valence-corrected chi connectivity index (χ0v) is 20.5. The molecule has 0 aromatic carbocycles. The van der Waals surface area contributed by atoms with E-state index < -0.39 is 40.9 Å². The van der Waals surface area contributed by atoms with Gasteiger partial charge in [-0.25, -0.2) is 0 Å². The maximum atomic E-state index is 13.2. The Morgan fingerprint density at radius 1 is 1.21 bits per heavy atom. The Morgan fingerprint density at radius 2 is 1.91 bits per heavy atom. The number of aliphatic hydroxyl groups is 2. The number of hydrogen-bond donors (Lipinski definition) is 2. The van der Waals surface area contributed by atoms with E-state index in [1.54, 1.807) is 12.2 Å². The molecule has 4 aliphatic rings. The van der Waals surface area contributed by atoms with Crippen LogP contribution in [-0.2, 0) is 19.1 Å². The summed E-state index contributed by atoms with van der Waals surface area (Å²) in [6, 6.07) is 0. The molecule has 0 amide bonds. The Labute approximate surface area is 196 Å². The number of allylic oxidation sites excluding steroid dienone is 4. The van der Waals surface area contributed by atoms with Crippen LogP contribution >= 0.6 is 0 Å². The van der Waals surface area contributed by atoms with Crippen LogP contribution in [0.2, 0.25) is 0 Å². The zero-order chi connectivity index (χ0) is 24.4. The number of hydrogen-bond acceptors (Lipinski definition) is 6. The molecule has 4 rings (SSSR count). The normalized spacial score (nSPS) is 42.2. The summed E-state index contributed by atoms with van der Waals surface area (Å²) < 4.78 is 6.04. The van der Waals surface area contributed by atoms with Crippen molar-refractivity contribution in [2.45, 2.75) is 84.8 Å². The van der Waals surface area contributed by atoms with Gasteiger partial charge in [-0.2, -0.15) is 0 Å². The Bertz CT molecular complexity index is 925. The first-order valence-corrected chi connectivity index (χ1v) is 12.3. The third-order valence-corrected chi connectivity index (χ3v) is 9.17. The van der Waals surface area contributed by atoms with Gasteiger partial charge in [0.15, 0.2) is 11.4 Å². The minimum Gasteiger partial charge on any atom is -0.450 e. The van der Waals surface area contributed by atoms with E-state index >= 15 is 0 Å². The van der Waals surface area contributed by atoms with Crippen molar-refractivity contribution in [3.05, 3.63) is 23.8 Å². The topological polar surface area (TPSA) is 101 Å². The summed E-state index contributed by atoms with van der Waals surface area (Å²) in [5, 5.41) is 21.4. The van der Waals surface area contributed by atoms with Crippen molar-refractivity contribution in [1.29, 1.82) is 0 Å². The first-order chi connectivity index (χ1) is 15.3. The summed E-state index contributed by atoms with van der Waals surface area (Å²) in [4.78, 5) is 38.1. The molecule has 6 heteroatoms. The second-order valence-electron chi connectivity index (χ2n) is 12.4. The fourth-order valence-corrected chi connectivity index (χ4v) is 7.79. The SMILES string of the molecule is CC(C)(C)CC(=O)O[C@]1(C(=O)CO)CC[C@H]2[C@@H]3CCC4=CC(=O)C=C[C@]4(C)[C@H]3[C@@H](O)C[C@@]21C. The molecule has 7 atom stereocenters. The molecular weight excluding hydrogens is 420 g/mol. The van der Waals surface area contributed by atoms with E-state index in [0.29, 0.717) is 19.3 Å². The minimum absolute atomic E-state index is 0.00440. The number of carbonyl (C=O) groups is 3. The predicted octanol–water partition coefficient (Wildman–Crippen LogP) is 3.54. The number of Topliss-reactive ketones (excluding diaryl/α,β-unsaturated/α-hetero) is 1. The van der Waals surface area contributed by atoms with Gasteiger partial charge in [0.05, 0.1) is 12.5 Å². The second kappa shape index (κ2) is 7.88. The lowest BCUT2D eigenvalue weighted by atomic mass is 9.46. The molecule has 0 heterocycles. The molecule has 3 saturated carbocycles. The van der Waals surface area contributed by atoms with Gasteiger partial charge in [-0.1, -0.05) is 46.3 Å². The molecule has 33 heavy (non-hydrogen) atoms. The van der Waals surface area contributed by atoms with Crippen LogP contribution in [0.4, 0.5) is 0 Å². The summed E-state index contributed by atoms with van der Waals surface area (Å²) in [6.07, 6.45) is 7.73. The molecule has 0 spiro atoms. The molecule has 2 N–H and O–H groups in total. The van der Waals surface area contributed by atoms with Gasteiger partial charge < -0.3 is 14.9 Å². The lowest BCUT2D eigenvalue weighted by Gasteiger charge is -2.59. The second-order valence-corrected chi connectivity index (χ2v) is 12.4. The van der Waals surface area contributed by atoms with Gasteiger partial charge >= 0.3 is 5.97 Å². The smallest absolute Gasteiger partial charge is 0.307 e. The first kappa shape index (κ1) is 24.3. The average molecular weight is 459 g/mol. The van der Waals surface area contributed by atoms with E-state index in [2.05, 4.69) is 6.92 Å². The number of ether oxygens (including phenoxy) is 1. The summed E-state index contributed by atoms with van der Waals surface area (Å²) in [6.45, 7) is 9.22. The molecule has 4 aliphatic carbocycles. The third kappa shape index (κ3) is 3.65. The average Bonchev–Trinajstić information content (AvgIpc) is 2.98. The summed E-state index contributed by atoms with van der Waals surface area (Å²) >= 11 is 0. The fourth-order valence-electron chi connectivity index (χ4n) is 7.79. The third-order valence-electron chi connectivity index (χ3n) is 9.17. The molecule has 3 fully saturated rings. The highest BCUT2D eigenvalue weighted by molar-refractivity contribution is 6.01. The predicted molar refractivity (Wildman–Crippen MR) is 123 cm³/mol. The van der Waals surface area contributed by atoms with E-state index in [1.807, 2.05) is 33.8 Å². The maximum Gasteiger partial charge on any atom is 0.307 e. The number of rotatable bonds is 4. The van der Waals surface area contributed by atoms with Crippen LogP contribution < -0.4 is 0 Å². The number of ketones is 2. The quantitative estimate of drug-likeness (QED) is 0.625. The van der Waals surface area contributed by atoms with Gasteiger partial charge in [-0.15, -0.1) is 0 Å². The molecule has 0 aromatic heterocycles. The Balaban J connectivity index is 1.71. The van der Waals surface area contributed by atoms with E-state index in [-0.39, 0.29) is 35.4 Å². The largest absolute Gasteiger partial charge is 0.450 e. The summed E-state index contributed by atoms with van der Waals surface area (Å²) in [7, 11) is 0. The zero-order valence-electron chi connectivity index (χ0n) is 20.5. The molecular formula is C27H38O6. The van der Waals surface area contributed by atoms with Gasteiger partial charge in [0.2, 0.25) is 5.78 Å².